The van der Waals surface area contributed by atoms with Gasteiger partial charge in [0, 0.05) is 50.7 Å². The van der Waals surface area contributed by atoms with E-state index in [1.54, 1.807) is 12.4 Å². The molecule has 1 fully saturated rings. The number of piperazine rings is 1. The van der Waals surface area contributed by atoms with E-state index in [2.05, 4.69) is 20.2 Å². The van der Waals surface area contributed by atoms with Crippen LogP contribution in [0.1, 0.15) is 5.56 Å². The average molecular weight is 193 g/mol. The highest BCUT2D eigenvalue weighted by Gasteiger charge is 2.09. The molecule has 76 valence electrons. The zero-order valence-corrected chi connectivity index (χ0v) is 8.11. The summed E-state index contributed by atoms with van der Waals surface area (Å²) >= 11 is 0. The Balaban J connectivity index is 1.92. The van der Waals surface area contributed by atoms with Crippen molar-refractivity contribution in [3.05, 3.63) is 18.0 Å². The summed E-state index contributed by atoms with van der Waals surface area (Å²) < 4.78 is 0. The maximum absolute atomic E-state index is 5.41. The molecule has 1 aliphatic heterocycles. The first-order chi connectivity index (χ1) is 6.84. The van der Waals surface area contributed by atoms with Crippen LogP contribution >= 0.6 is 0 Å². The second-order valence-corrected chi connectivity index (χ2v) is 3.48. The zero-order chi connectivity index (χ0) is 9.80. The number of nitrogens with one attached hydrogen (secondary N) is 1. The molecule has 0 unspecified atom stereocenters. The number of aromatic nitrogens is 2. The van der Waals surface area contributed by atoms with Gasteiger partial charge in [0.2, 0.25) is 5.95 Å². The molecule has 5 heteroatoms. The monoisotopic (exact) mass is 193 g/mol. The summed E-state index contributed by atoms with van der Waals surface area (Å²) in [6.07, 6.45) is 3.59. The summed E-state index contributed by atoms with van der Waals surface area (Å²) in [6.45, 7) is 5.22. The summed E-state index contributed by atoms with van der Waals surface area (Å²) in [5.74, 6) is 0.342. The lowest BCUT2D eigenvalue weighted by Gasteiger charge is -2.26. The van der Waals surface area contributed by atoms with Crippen LogP contribution in [0.25, 0.3) is 0 Å². The van der Waals surface area contributed by atoms with Gasteiger partial charge in [-0.1, -0.05) is 0 Å². The van der Waals surface area contributed by atoms with E-state index in [-0.39, 0.29) is 0 Å². The van der Waals surface area contributed by atoms with E-state index >= 15 is 0 Å². The number of nitrogens with two attached hydrogens (primary N) is 1. The van der Waals surface area contributed by atoms with Crippen molar-refractivity contribution in [3.8, 4) is 0 Å². The van der Waals surface area contributed by atoms with Crippen LogP contribution in [0.2, 0.25) is 0 Å². The maximum Gasteiger partial charge on any atom is 0.219 e. The predicted octanol–water partition coefficient (Wildman–Crippen LogP) is -0.536. The first-order valence-corrected chi connectivity index (χ1v) is 4.84. The summed E-state index contributed by atoms with van der Waals surface area (Å²) in [5.41, 5.74) is 6.54. The lowest BCUT2D eigenvalue weighted by Crippen LogP contribution is -2.42. The van der Waals surface area contributed by atoms with Gasteiger partial charge in [0.05, 0.1) is 0 Å². The highest BCUT2D eigenvalue weighted by Crippen LogP contribution is 2.03. The zero-order valence-electron chi connectivity index (χ0n) is 8.11. The fourth-order valence-corrected chi connectivity index (χ4v) is 1.57. The molecule has 14 heavy (non-hydrogen) atoms. The first kappa shape index (κ1) is 9.36. The molecule has 5 nitrogen and oxygen atoms in total. The lowest BCUT2D eigenvalue weighted by atomic mass is 10.3. The molecular weight excluding hydrogens is 178 g/mol. The van der Waals surface area contributed by atoms with E-state index < -0.39 is 0 Å². The Morgan fingerprint density at radius 1 is 1.29 bits per heavy atom. The van der Waals surface area contributed by atoms with Crippen molar-refractivity contribution >= 4 is 5.95 Å². The van der Waals surface area contributed by atoms with Crippen molar-refractivity contribution in [3.63, 3.8) is 0 Å². The summed E-state index contributed by atoms with van der Waals surface area (Å²) in [7, 11) is 0. The second kappa shape index (κ2) is 4.34. The van der Waals surface area contributed by atoms with Gasteiger partial charge in [0.1, 0.15) is 0 Å². The van der Waals surface area contributed by atoms with E-state index in [0.717, 1.165) is 38.3 Å². The molecule has 2 rings (SSSR count). The van der Waals surface area contributed by atoms with Crippen molar-refractivity contribution in [2.45, 2.75) is 6.54 Å². The second-order valence-electron chi connectivity index (χ2n) is 3.48. The van der Waals surface area contributed by atoms with Crippen LogP contribution in [0, 0.1) is 0 Å². The third kappa shape index (κ3) is 2.40. The topological polar surface area (TPSA) is 67.1 Å². The number of nitrogen functional groups attached to an aromatic ring is 1. The fourth-order valence-electron chi connectivity index (χ4n) is 1.57. The Kier molecular flexibility index (Phi) is 2.90. The molecule has 0 amide bonds. The summed E-state index contributed by atoms with van der Waals surface area (Å²) in [4.78, 5) is 10.3. The van der Waals surface area contributed by atoms with Crippen LogP contribution in [0.4, 0.5) is 5.95 Å². The molecular formula is C9H15N5. The van der Waals surface area contributed by atoms with E-state index in [0.29, 0.717) is 5.95 Å². The molecule has 0 spiro atoms. The number of nitrogens with zero attached hydrogens (tertiary/aromatic N) is 3. The number of rotatable bonds is 2. The molecule has 3 N–H and O–H groups in total. The quantitative estimate of drug-likeness (QED) is 0.660. The molecule has 0 radical (unpaired) electrons. The lowest BCUT2D eigenvalue weighted by molar-refractivity contribution is 0.233. The minimum Gasteiger partial charge on any atom is -0.368 e. The molecule has 0 aliphatic carbocycles. The van der Waals surface area contributed by atoms with Gasteiger partial charge in [-0.3, -0.25) is 4.90 Å². The highest BCUT2D eigenvalue weighted by atomic mass is 15.2. The molecule has 2 heterocycles. The molecule has 1 aromatic rings. The Hall–Kier alpha value is -1.20. The molecule has 0 aromatic carbocycles. The van der Waals surface area contributed by atoms with Gasteiger partial charge in [-0.05, 0) is 0 Å². The van der Waals surface area contributed by atoms with Crippen molar-refractivity contribution in [1.29, 1.82) is 0 Å². The fraction of sp³-hybridized carbons (Fsp3) is 0.556. The van der Waals surface area contributed by atoms with Crippen LogP contribution in [0.3, 0.4) is 0 Å². The largest absolute Gasteiger partial charge is 0.368 e. The average Bonchev–Trinajstić information content (AvgIpc) is 2.23. The van der Waals surface area contributed by atoms with Gasteiger partial charge in [0.25, 0.3) is 0 Å². The number of hydrogen-bond donors (Lipinski definition) is 2. The maximum atomic E-state index is 5.41. The molecule has 0 saturated carbocycles. The summed E-state index contributed by atoms with van der Waals surface area (Å²) in [5, 5.41) is 3.32. The van der Waals surface area contributed by atoms with Crippen molar-refractivity contribution in [1.82, 2.24) is 20.2 Å². The third-order valence-electron chi connectivity index (χ3n) is 2.34. The molecule has 1 aromatic heterocycles. The SMILES string of the molecule is Nc1ncc(CN2CCNCC2)cn1. The normalized spacial score (nSPS) is 18.3. The Morgan fingerprint density at radius 3 is 2.57 bits per heavy atom. The third-order valence-corrected chi connectivity index (χ3v) is 2.34. The van der Waals surface area contributed by atoms with Crippen LogP contribution in [0.15, 0.2) is 12.4 Å². The predicted molar refractivity (Wildman–Crippen MR) is 54.6 cm³/mol. The van der Waals surface area contributed by atoms with E-state index in [4.69, 9.17) is 5.73 Å². The summed E-state index contributed by atoms with van der Waals surface area (Å²) in [6, 6.07) is 0. The van der Waals surface area contributed by atoms with Gasteiger partial charge in [-0.25, -0.2) is 9.97 Å². The number of anilines is 1. The number of hydrogen-bond acceptors (Lipinski definition) is 5. The van der Waals surface area contributed by atoms with E-state index in [1.807, 2.05) is 0 Å². The standard InChI is InChI=1S/C9H15N5/c10-9-12-5-8(6-13-9)7-14-3-1-11-2-4-14/h5-6,11H,1-4,7H2,(H2,10,12,13). The van der Waals surface area contributed by atoms with Crippen LogP contribution < -0.4 is 11.1 Å². The minimum atomic E-state index is 0.342. The van der Waals surface area contributed by atoms with Crippen molar-refractivity contribution in [2.75, 3.05) is 31.9 Å². The minimum absolute atomic E-state index is 0.342. The smallest absolute Gasteiger partial charge is 0.219 e. The van der Waals surface area contributed by atoms with Crippen molar-refractivity contribution < 1.29 is 0 Å². The Labute approximate surface area is 83.3 Å². The Morgan fingerprint density at radius 2 is 1.93 bits per heavy atom. The van der Waals surface area contributed by atoms with E-state index in [1.165, 1.54) is 0 Å². The molecule has 0 atom stereocenters. The van der Waals surface area contributed by atoms with E-state index in [9.17, 15) is 0 Å². The van der Waals surface area contributed by atoms with Crippen LogP contribution in [0.5, 0.6) is 0 Å². The first-order valence-electron chi connectivity index (χ1n) is 4.84. The Bertz CT molecular complexity index is 278. The van der Waals surface area contributed by atoms with Crippen LogP contribution in [-0.4, -0.2) is 41.0 Å². The van der Waals surface area contributed by atoms with Gasteiger partial charge >= 0.3 is 0 Å². The van der Waals surface area contributed by atoms with Crippen molar-refractivity contribution in [2.24, 2.45) is 0 Å². The van der Waals surface area contributed by atoms with Gasteiger partial charge < -0.3 is 11.1 Å². The molecule has 1 aliphatic rings. The highest BCUT2D eigenvalue weighted by molar-refractivity contribution is 5.17. The van der Waals surface area contributed by atoms with Crippen LogP contribution in [-0.2, 0) is 6.54 Å². The molecule has 0 bridgehead atoms. The van der Waals surface area contributed by atoms with Gasteiger partial charge in [-0.15, -0.1) is 0 Å². The van der Waals surface area contributed by atoms with Gasteiger partial charge in [-0.2, -0.15) is 0 Å². The molecule has 1 saturated heterocycles. The van der Waals surface area contributed by atoms with Gasteiger partial charge in [0.15, 0.2) is 0 Å².